The van der Waals surface area contributed by atoms with Crippen molar-refractivity contribution in [2.24, 2.45) is 0 Å². The van der Waals surface area contributed by atoms with Crippen molar-refractivity contribution < 1.29 is 19.0 Å². The molecule has 1 aliphatic heterocycles. The first-order valence-corrected chi connectivity index (χ1v) is 10.3. The molecule has 3 aromatic rings. The van der Waals surface area contributed by atoms with Gasteiger partial charge in [0, 0.05) is 16.8 Å². The summed E-state index contributed by atoms with van der Waals surface area (Å²) in [6.07, 6.45) is 0.844. The minimum Gasteiger partial charge on any atom is -0.497 e. The van der Waals surface area contributed by atoms with Crippen molar-refractivity contribution in [3.05, 3.63) is 64.1 Å². The number of fused-ring (bicyclic) bond motifs is 1. The molecule has 0 bridgehead atoms. The van der Waals surface area contributed by atoms with Crippen molar-refractivity contribution in [3.8, 4) is 17.2 Å². The fourth-order valence-electron chi connectivity index (χ4n) is 3.10. The molecule has 0 aliphatic carbocycles. The second kappa shape index (κ2) is 8.39. The van der Waals surface area contributed by atoms with Crippen LogP contribution in [0.15, 0.2) is 41.4 Å². The molecule has 0 atom stereocenters. The van der Waals surface area contributed by atoms with Crippen LogP contribution in [0.25, 0.3) is 0 Å². The molecule has 0 unspecified atom stereocenters. The minimum atomic E-state index is 0.185. The monoisotopic (exact) mass is 430 g/mol. The van der Waals surface area contributed by atoms with Gasteiger partial charge in [-0.05, 0) is 36.2 Å². The number of nitrogens with zero attached hydrogens (tertiary/aromatic N) is 2. The maximum absolute atomic E-state index is 11.9. The van der Waals surface area contributed by atoms with Crippen LogP contribution in [0.1, 0.15) is 27.4 Å². The minimum absolute atomic E-state index is 0.185. The van der Waals surface area contributed by atoms with Crippen molar-refractivity contribution in [3.63, 3.8) is 0 Å². The molecular weight excluding hydrogens is 412 g/mol. The van der Waals surface area contributed by atoms with E-state index in [0.717, 1.165) is 29.0 Å². The maximum atomic E-state index is 11.9. The molecule has 2 aromatic carbocycles. The fourth-order valence-corrected chi connectivity index (χ4v) is 4.31. The third-order valence-corrected chi connectivity index (χ3v) is 6.08. The predicted molar refractivity (Wildman–Crippen MR) is 112 cm³/mol. The third kappa shape index (κ3) is 4.06. The summed E-state index contributed by atoms with van der Waals surface area (Å²) < 4.78 is 17.8. The second-order valence-corrected chi connectivity index (χ2v) is 7.86. The molecular formula is C21H19ClN2O4S. The number of ether oxygens (including phenoxy) is 3. The molecule has 0 fully saturated rings. The van der Waals surface area contributed by atoms with Gasteiger partial charge in [0.25, 0.3) is 0 Å². The van der Waals surface area contributed by atoms with E-state index >= 15 is 0 Å². The predicted octanol–water partition coefficient (Wildman–Crippen LogP) is 4.74. The number of hydrogen-bond donors (Lipinski definition) is 0. The molecule has 2 heterocycles. The van der Waals surface area contributed by atoms with E-state index in [0.29, 0.717) is 39.5 Å². The first-order valence-electron chi connectivity index (χ1n) is 8.95. The van der Waals surface area contributed by atoms with Crippen molar-refractivity contribution in [2.75, 3.05) is 13.9 Å². The fraction of sp³-hybridized carbons (Fsp3) is 0.238. The van der Waals surface area contributed by atoms with Crippen LogP contribution in [0.3, 0.4) is 0 Å². The van der Waals surface area contributed by atoms with Gasteiger partial charge in [-0.15, -0.1) is 0 Å². The Morgan fingerprint density at radius 2 is 1.97 bits per heavy atom. The van der Waals surface area contributed by atoms with E-state index in [2.05, 4.69) is 4.98 Å². The van der Waals surface area contributed by atoms with Gasteiger partial charge in [0.15, 0.2) is 17.8 Å². The lowest BCUT2D eigenvalue weighted by atomic mass is 10.2. The van der Waals surface area contributed by atoms with Gasteiger partial charge >= 0.3 is 0 Å². The van der Waals surface area contributed by atoms with Crippen molar-refractivity contribution in [2.45, 2.75) is 24.2 Å². The zero-order valence-electron chi connectivity index (χ0n) is 16.0. The molecule has 1 aromatic heterocycles. The molecule has 1 aliphatic rings. The molecule has 0 saturated carbocycles. The number of carbonyl (C=O) groups excluding carboxylic acids is 1. The number of aryl methyl sites for hydroxylation is 1. The summed E-state index contributed by atoms with van der Waals surface area (Å²) in [5.41, 5.74) is 2.50. The van der Waals surface area contributed by atoms with Gasteiger partial charge in [0.1, 0.15) is 22.3 Å². The summed E-state index contributed by atoms with van der Waals surface area (Å²) >= 11 is 7.93. The lowest BCUT2D eigenvalue weighted by Crippen LogP contribution is -2.07. The SMILES string of the molecule is COc1ccc(CSc2nc(C)n(Cc3cc4c(cc3Cl)OCO4)c2C=O)cc1. The zero-order chi connectivity index (χ0) is 20.4. The van der Waals surface area contributed by atoms with Crippen LogP contribution in [0.4, 0.5) is 0 Å². The largest absolute Gasteiger partial charge is 0.497 e. The quantitative estimate of drug-likeness (QED) is 0.398. The maximum Gasteiger partial charge on any atom is 0.231 e. The molecule has 0 N–H and O–H groups in total. The molecule has 0 saturated heterocycles. The average molecular weight is 431 g/mol. The highest BCUT2D eigenvalue weighted by Gasteiger charge is 2.20. The van der Waals surface area contributed by atoms with Gasteiger partial charge in [-0.2, -0.15) is 0 Å². The zero-order valence-corrected chi connectivity index (χ0v) is 17.5. The summed E-state index contributed by atoms with van der Waals surface area (Å²) in [6.45, 7) is 2.49. The average Bonchev–Trinajstić information content (AvgIpc) is 3.30. The highest BCUT2D eigenvalue weighted by Crippen LogP contribution is 2.37. The topological polar surface area (TPSA) is 62.6 Å². The smallest absolute Gasteiger partial charge is 0.231 e. The van der Waals surface area contributed by atoms with Gasteiger partial charge in [-0.25, -0.2) is 4.98 Å². The van der Waals surface area contributed by atoms with Crippen molar-refractivity contribution in [1.82, 2.24) is 9.55 Å². The van der Waals surface area contributed by atoms with E-state index < -0.39 is 0 Å². The van der Waals surface area contributed by atoms with Gasteiger partial charge in [-0.3, -0.25) is 4.79 Å². The van der Waals surface area contributed by atoms with Crippen LogP contribution < -0.4 is 14.2 Å². The Balaban J connectivity index is 1.55. The molecule has 8 heteroatoms. The molecule has 0 radical (unpaired) electrons. The summed E-state index contributed by atoms with van der Waals surface area (Å²) in [7, 11) is 1.64. The van der Waals surface area contributed by atoms with Crippen LogP contribution in [0, 0.1) is 6.92 Å². The Kier molecular flexibility index (Phi) is 5.69. The normalized spacial score (nSPS) is 12.2. The van der Waals surface area contributed by atoms with E-state index in [4.69, 9.17) is 25.8 Å². The highest BCUT2D eigenvalue weighted by molar-refractivity contribution is 7.98. The first-order chi connectivity index (χ1) is 14.1. The van der Waals surface area contributed by atoms with E-state index in [9.17, 15) is 4.79 Å². The van der Waals surface area contributed by atoms with E-state index in [-0.39, 0.29) is 6.79 Å². The first kappa shape index (κ1) is 19.7. The molecule has 29 heavy (non-hydrogen) atoms. The van der Waals surface area contributed by atoms with Gasteiger partial charge in [0.05, 0.1) is 13.7 Å². The molecule has 150 valence electrons. The number of imidazole rings is 1. The second-order valence-electron chi connectivity index (χ2n) is 6.49. The van der Waals surface area contributed by atoms with Gasteiger partial charge in [0.2, 0.25) is 6.79 Å². The number of aromatic nitrogens is 2. The Hall–Kier alpha value is -2.64. The number of methoxy groups -OCH3 is 1. The Morgan fingerprint density at radius 1 is 1.24 bits per heavy atom. The molecule has 4 rings (SSSR count). The molecule has 6 nitrogen and oxygen atoms in total. The highest BCUT2D eigenvalue weighted by atomic mass is 35.5. The Labute approximate surface area is 177 Å². The van der Waals surface area contributed by atoms with Crippen molar-refractivity contribution >= 4 is 29.6 Å². The Morgan fingerprint density at radius 3 is 2.66 bits per heavy atom. The van der Waals surface area contributed by atoms with E-state index in [1.807, 2.05) is 41.8 Å². The lowest BCUT2D eigenvalue weighted by molar-refractivity contribution is 0.111. The standard InChI is InChI=1S/C21H19ClN2O4S/c1-13-23-21(29-11-14-3-5-16(26-2)6-4-14)18(10-25)24(13)9-15-7-19-20(8-17(15)22)28-12-27-19/h3-8,10H,9,11-12H2,1-2H3. The number of thioether (sulfide) groups is 1. The Bertz CT molecular complexity index is 1050. The summed E-state index contributed by atoms with van der Waals surface area (Å²) in [4.78, 5) is 16.4. The van der Waals surface area contributed by atoms with Gasteiger partial charge < -0.3 is 18.8 Å². The number of benzene rings is 2. The number of rotatable bonds is 7. The van der Waals surface area contributed by atoms with E-state index in [1.165, 1.54) is 11.8 Å². The summed E-state index contributed by atoms with van der Waals surface area (Å²) in [5.74, 6) is 3.55. The van der Waals surface area contributed by atoms with E-state index in [1.54, 1.807) is 13.2 Å². The number of aldehydes is 1. The van der Waals surface area contributed by atoms with Crippen LogP contribution in [0.5, 0.6) is 17.2 Å². The summed E-state index contributed by atoms with van der Waals surface area (Å²) in [5, 5.41) is 1.26. The lowest BCUT2D eigenvalue weighted by Gasteiger charge is -2.10. The van der Waals surface area contributed by atoms with Crippen molar-refractivity contribution in [1.29, 1.82) is 0 Å². The molecule has 0 spiro atoms. The summed E-state index contributed by atoms with van der Waals surface area (Å²) in [6, 6.07) is 11.4. The molecule has 0 amide bonds. The van der Waals surface area contributed by atoms with Crippen LogP contribution in [-0.4, -0.2) is 29.7 Å². The third-order valence-electron chi connectivity index (χ3n) is 4.68. The van der Waals surface area contributed by atoms with Crippen LogP contribution >= 0.6 is 23.4 Å². The number of hydrogen-bond acceptors (Lipinski definition) is 6. The number of halogens is 1. The van der Waals surface area contributed by atoms with Crippen LogP contribution in [0.2, 0.25) is 5.02 Å². The van der Waals surface area contributed by atoms with Gasteiger partial charge in [-0.1, -0.05) is 35.5 Å². The van der Waals surface area contributed by atoms with Crippen LogP contribution in [-0.2, 0) is 12.3 Å². The number of carbonyl (C=O) groups is 1.